The number of hydrogen-bond donors (Lipinski definition) is 3. The molecule has 0 saturated heterocycles. The maximum absolute atomic E-state index is 13.5. The Bertz CT molecular complexity index is 5410. The molecule has 0 amide bonds. The molecule has 15 rings (SSSR count). The van der Waals surface area contributed by atoms with Crippen LogP contribution in [-0.2, 0) is 23.9 Å². The first-order chi connectivity index (χ1) is 52.0. The number of aromatic nitrogens is 3. The fourth-order valence-corrected chi connectivity index (χ4v) is 11.4. The first-order valence-corrected chi connectivity index (χ1v) is 34.4. The second-order valence-electron chi connectivity index (χ2n) is 23.5. The molecule has 4 N–H and O–H groups in total. The summed E-state index contributed by atoms with van der Waals surface area (Å²) in [5.74, 6) is -0.842. The molecular formula is C89H81BBrF3LiN3O15. The summed E-state index contributed by atoms with van der Waals surface area (Å²) in [5.41, 5.74) is 11.1. The number of para-hydroxylation sites is 6. The van der Waals surface area contributed by atoms with Gasteiger partial charge in [-0.1, -0.05) is 222 Å². The van der Waals surface area contributed by atoms with Crippen LogP contribution < -0.4 is 38.5 Å². The van der Waals surface area contributed by atoms with Gasteiger partial charge in [-0.2, -0.15) is 0 Å². The van der Waals surface area contributed by atoms with Crippen molar-refractivity contribution in [2.45, 2.75) is 61.9 Å². The number of carboxylic acids is 1. The molecule has 0 aliphatic rings. The van der Waals surface area contributed by atoms with Crippen molar-refractivity contribution in [3.8, 4) is 73.9 Å². The summed E-state index contributed by atoms with van der Waals surface area (Å²) in [6.45, 7) is 4.02. The van der Waals surface area contributed by atoms with Crippen molar-refractivity contribution in [2.24, 2.45) is 0 Å². The zero-order valence-electron chi connectivity index (χ0n) is 58.6. The molecule has 0 fully saturated rings. The van der Waals surface area contributed by atoms with Crippen molar-refractivity contribution >= 4 is 79.7 Å². The zero-order chi connectivity index (χ0) is 74.8. The molecule has 3 heterocycles. The molecule has 3 unspecified atom stereocenters. The van der Waals surface area contributed by atoms with Gasteiger partial charge in [0.05, 0.1) is 29.9 Å². The molecule has 12 aromatic carbocycles. The summed E-state index contributed by atoms with van der Waals surface area (Å²) in [6, 6.07) is 83.0. The van der Waals surface area contributed by atoms with Crippen molar-refractivity contribution < 1.29 is 104 Å². The van der Waals surface area contributed by atoms with Gasteiger partial charge in [-0.05, 0) is 157 Å². The predicted octanol–water partition coefficient (Wildman–Crippen LogP) is 18.3. The fraction of sp³-hybridized carbons (Fsp3) is 0.124. The van der Waals surface area contributed by atoms with E-state index in [0.29, 0.717) is 102 Å². The van der Waals surface area contributed by atoms with E-state index in [2.05, 4.69) is 30.9 Å². The average molecular weight is 1590 g/mol. The van der Waals surface area contributed by atoms with E-state index in [1.165, 1.54) is 48.5 Å². The van der Waals surface area contributed by atoms with Gasteiger partial charge in [0.15, 0.2) is 16.7 Å². The summed E-state index contributed by atoms with van der Waals surface area (Å²) in [7, 11) is -1.51. The number of benzene rings is 12. The number of nitrogens with zero attached hydrogens (tertiary/aromatic N) is 3. The topological polar surface area (TPSA) is 266 Å². The van der Waals surface area contributed by atoms with Gasteiger partial charge in [-0.25, -0.2) is 42.5 Å². The third-order valence-electron chi connectivity index (χ3n) is 16.3. The molecule has 0 bridgehead atoms. The number of fused-ring (bicyclic) bond motifs is 3. The van der Waals surface area contributed by atoms with Gasteiger partial charge in [0, 0.05) is 21.2 Å². The summed E-state index contributed by atoms with van der Waals surface area (Å²) >= 11 is 3.49. The molecule has 3 aromatic heterocycles. The Morgan fingerprint density at radius 2 is 0.690 bits per heavy atom. The van der Waals surface area contributed by atoms with Crippen LogP contribution in [0, 0.1) is 17.5 Å². The number of carbonyl (C=O) groups is 3. The van der Waals surface area contributed by atoms with E-state index in [4.69, 9.17) is 47.0 Å². The van der Waals surface area contributed by atoms with Gasteiger partial charge in [-0.15, -0.1) is 0 Å². The molecule has 113 heavy (non-hydrogen) atoms. The van der Waals surface area contributed by atoms with Crippen molar-refractivity contribution in [1.29, 1.82) is 0 Å². The summed E-state index contributed by atoms with van der Waals surface area (Å²) < 4.78 is 86.8. The Morgan fingerprint density at radius 3 is 1.02 bits per heavy atom. The van der Waals surface area contributed by atoms with E-state index in [1.807, 2.05) is 158 Å². The van der Waals surface area contributed by atoms with E-state index in [0.717, 1.165) is 32.2 Å². The third-order valence-corrected chi connectivity index (χ3v) is 16.8. The first-order valence-electron chi connectivity index (χ1n) is 33.6. The van der Waals surface area contributed by atoms with Gasteiger partial charge < -0.3 is 57.6 Å². The first kappa shape index (κ1) is 89.6. The van der Waals surface area contributed by atoms with Crippen molar-refractivity contribution in [3.05, 3.63) is 330 Å². The Balaban J connectivity index is 0.000000243. The molecule has 0 aliphatic carbocycles. The molecular weight excluding hydrogens is 1510 g/mol. The maximum Gasteiger partial charge on any atom is 1.00 e. The Morgan fingerprint density at radius 1 is 0.398 bits per heavy atom. The van der Waals surface area contributed by atoms with E-state index in [1.54, 1.807) is 98.8 Å². The van der Waals surface area contributed by atoms with E-state index in [9.17, 15) is 32.7 Å². The Hall–Kier alpha value is -12.3. The largest absolute Gasteiger partial charge is 1.00 e. The van der Waals surface area contributed by atoms with Gasteiger partial charge in [0.1, 0.15) is 51.3 Å². The number of rotatable bonds is 20. The number of aliphatic carboxylic acids is 1. The number of hydrogen-bond acceptors (Lipinski definition) is 17. The van der Waals surface area contributed by atoms with Crippen LogP contribution >= 0.6 is 15.9 Å². The van der Waals surface area contributed by atoms with Crippen LogP contribution in [0.15, 0.2) is 309 Å². The van der Waals surface area contributed by atoms with Gasteiger partial charge in [0.25, 0.3) is 0 Å². The van der Waals surface area contributed by atoms with Crippen LogP contribution in [0.5, 0.6) is 17.2 Å². The second kappa shape index (κ2) is 42.7. The second-order valence-corrected chi connectivity index (χ2v) is 24.4. The minimum atomic E-state index is -1.51. The van der Waals surface area contributed by atoms with Gasteiger partial charge in [-0.3, -0.25) is 0 Å². The number of ether oxygens (including phenoxy) is 5. The van der Waals surface area contributed by atoms with Crippen molar-refractivity contribution in [3.63, 3.8) is 0 Å². The van der Waals surface area contributed by atoms with E-state index >= 15 is 0 Å². The van der Waals surface area contributed by atoms with Crippen LogP contribution in [0.1, 0.15) is 78.6 Å². The molecule has 3 atom stereocenters. The Kier molecular flexibility index (Phi) is 33.9. The quantitative estimate of drug-likeness (QED) is 0.0473. The minimum Gasteiger partial charge on any atom is -0.870 e. The normalized spacial score (nSPS) is 11.0. The molecule has 15 aromatic rings. The average Bonchev–Trinajstić information content (AvgIpc) is 1.78. The standard InChI is InChI=1S/C29H22FNO4.C27H18FNO4.C23H18BrNO4.C6H6BFO2.4CH4.Li.H2O/c1-2-33-29(32)27(20-8-4-3-5-9-20)34-25-17-14-21(19-12-15-22(30)16-13-19)18-23(25)28-31-24-10-6-7-11-26(24)35-28;28-20-13-10-17(11-14-20)19-12-15-23(32-25(27(30)31)18-6-2-1-3-7-18)21(16-19)26-29-22-8-4-5-9-24(22)33-26;1-2-27-23(26)21(15-8-4-3-5-9-15)28-19-13-12-16(24)14-17(19)22-25-18-10-6-7-11-20(18)29-22;8-6-3-1-5(2-4-6)7(9)10;;;;;;/h3-18,27H,2H2,1H3;1-16,25H,(H,30,31);3-14,21H,2H2,1H3;1-4,9-10H;4*1H4;;1H2/q;;;;;;;;+1;/p-1. The van der Waals surface area contributed by atoms with Crippen LogP contribution in [0.3, 0.4) is 0 Å². The van der Waals surface area contributed by atoms with Crippen molar-refractivity contribution in [2.75, 3.05) is 13.2 Å². The summed E-state index contributed by atoms with van der Waals surface area (Å²) in [5, 5.41) is 26.9. The summed E-state index contributed by atoms with van der Waals surface area (Å²) in [4.78, 5) is 51.2. The summed E-state index contributed by atoms with van der Waals surface area (Å²) in [6.07, 6.45) is -3.09. The van der Waals surface area contributed by atoms with Gasteiger partial charge >= 0.3 is 43.9 Å². The molecule has 0 saturated carbocycles. The number of esters is 2. The third kappa shape index (κ3) is 22.9. The molecule has 0 radical (unpaired) electrons. The SMILES string of the molecule is C.C.C.C.CCOC(=O)C(Oc1ccc(-c2ccc(F)cc2)cc1-c1nc2ccccc2o1)c1ccccc1.CCOC(=O)C(Oc1ccc(Br)cc1-c1nc2ccccc2o1)c1ccccc1.O=C(O)C(Oc1ccc(-c2ccc(F)cc2)cc1-c1nc2ccccc2o1)c1ccccc1.OB(O)c1ccc(F)cc1.[Li+].[OH-]. The molecule has 0 spiro atoms. The number of oxazole rings is 3. The Labute approximate surface area is 673 Å². The van der Waals surface area contributed by atoms with E-state index in [-0.39, 0.29) is 84.7 Å². The van der Waals surface area contributed by atoms with Crippen LogP contribution in [-0.4, -0.2) is 73.8 Å². The predicted molar refractivity (Wildman–Crippen MR) is 432 cm³/mol. The van der Waals surface area contributed by atoms with E-state index < -0.39 is 43.3 Å². The van der Waals surface area contributed by atoms with Crippen LogP contribution in [0.4, 0.5) is 13.2 Å². The smallest absolute Gasteiger partial charge is 0.870 e. The fourth-order valence-electron chi connectivity index (χ4n) is 11.1. The van der Waals surface area contributed by atoms with Crippen LogP contribution in [0.25, 0.3) is 89.9 Å². The maximum atomic E-state index is 13.5. The molecule has 574 valence electrons. The minimum absolute atomic E-state index is 0. The molecule has 24 heteroatoms. The zero-order valence-corrected chi connectivity index (χ0v) is 60.2. The van der Waals surface area contributed by atoms with Gasteiger partial charge in [0.2, 0.25) is 36.0 Å². The number of halogens is 4. The monoisotopic (exact) mass is 1590 g/mol. The number of carbonyl (C=O) groups excluding carboxylic acids is 2. The molecule has 18 nitrogen and oxygen atoms in total. The molecule has 0 aliphatic heterocycles. The van der Waals surface area contributed by atoms with Crippen molar-refractivity contribution in [1.82, 2.24) is 15.0 Å². The number of carboxylic acid groups (broad SMARTS) is 1. The van der Waals surface area contributed by atoms with Crippen LogP contribution in [0.2, 0.25) is 0 Å².